The summed E-state index contributed by atoms with van der Waals surface area (Å²) in [5.74, 6) is 0. The third kappa shape index (κ3) is 5.63. The average molecular weight is 114 g/mol. The van der Waals surface area contributed by atoms with Crippen molar-refractivity contribution in [1.82, 2.24) is 5.32 Å². The van der Waals surface area contributed by atoms with Crippen LogP contribution in [0.4, 0.5) is 0 Å². The molecule has 0 spiro atoms. The second-order valence-electron chi connectivity index (χ2n) is 1.70. The Balaban J connectivity index is 2.62. The number of hydrogen-bond acceptors (Lipinski definition) is 2. The molecule has 0 amide bonds. The van der Waals surface area contributed by atoms with Gasteiger partial charge in [0.25, 0.3) is 0 Å². The van der Waals surface area contributed by atoms with Crippen molar-refractivity contribution in [2.45, 2.75) is 19.8 Å². The largest absolute Gasteiger partial charge is 0.317 e. The number of unbranched alkanes of at least 4 members (excludes halogenated alkanes) is 1. The molecule has 0 aromatic heterocycles. The van der Waals surface area contributed by atoms with E-state index in [1.165, 1.54) is 6.21 Å². The Morgan fingerprint density at radius 2 is 2.38 bits per heavy atom. The van der Waals surface area contributed by atoms with Gasteiger partial charge >= 0.3 is 0 Å². The van der Waals surface area contributed by atoms with Crippen LogP contribution in [0.5, 0.6) is 0 Å². The van der Waals surface area contributed by atoms with Crippen LogP contribution in [0.15, 0.2) is 0 Å². The van der Waals surface area contributed by atoms with E-state index in [0.717, 1.165) is 25.9 Å². The second kappa shape index (κ2) is 6.63. The Hall–Kier alpha value is -0.370. The molecular formula is C6H14N2. The molecule has 0 aliphatic rings. The number of hydrogen-bond donors (Lipinski definition) is 2. The zero-order valence-corrected chi connectivity index (χ0v) is 5.41. The molecule has 0 aromatic rings. The summed E-state index contributed by atoms with van der Waals surface area (Å²) in [6, 6.07) is 0. The molecule has 0 atom stereocenters. The molecule has 0 aliphatic carbocycles. The van der Waals surface area contributed by atoms with Crippen molar-refractivity contribution in [1.29, 1.82) is 5.41 Å². The molecule has 0 heterocycles. The first-order valence-electron chi connectivity index (χ1n) is 3.11. The molecule has 0 aromatic carbocycles. The van der Waals surface area contributed by atoms with E-state index < -0.39 is 0 Å². The van der Waals surface area contributed by atoms with Crippen molar-refractivity contribution in [2.75, 3.05) is 13.1 Å². The monoisotopic (exact) mass is 114 g/mol. The van der Waals surface area contributed by atoms with Crippen molar-refractivity contribution in [3.63, 3.8) is 0 Å². The highest BCUT2D eigenvalue weighted by Crippen LogP contribution is 1.79. The van der Waals surface area contributed by atoms with Gasteiger partial charge in [0.2, 0.25) is 0 Å². The van der Waals surface area contributed by atoms with Crippen molar-refractivity contribution >= 4 is 6.21 Å². The molecule has 0 radical (unpaired) electrons. The van der Waals surface area contributed by atoms with Crippen LogP contribution in [0.1, 0.15) is 19.8 Å². The molecule has 2 N–H and O–H groups in total. The van der Waals surface area contributed by atoms with Gasteiger partial charge in [0, 0.05) is 0 Å². The standard InChI is InChI=1S/C6H14N2/c1-2-8-6-4-3-5-7/h5,7-8H,2-4,6H2,1H3. The average Bonchev–Trinajstić information content (AvgIpc) is 1.81. The molecule has 0 rings (SSSR count). The van der Waals surface area contributed by atoms with Gasteiger partial charge in [0.1, 0.15) is 0 Å². The van der Waals surface area contributed by atoms with Gasteiger partial charge in [0.05, 0.1) is 0 Å². The molecule has 0 fully saturated rings. The molecule has 0 saturated carbocycles. The van der Waals surface area contributed by atoms with E-state index in [2.05, 4.69) is 12.2 Å². The van der Waals surface area contributed by atoms with Gasteiger partial charge in [0.15, 0.2) is 0 Å². The zero-order chi connectivity index (χ0) is 6.24. The molecule has 0 saturated heterocycles. The number of nitrogens with one attached hydrogen (secondary N) is 2. The molecular weight excluding hydrogens is 100 g/mol. The van der Waals surface area contributed by atoms with E-state index in [9.17, 15) is 0 Å². The normalized spacial score (nSPS) is 9.12. The highest BCUT2D eigenvalue weighted by molar-refractivity contribution is 5.52. The molecule has 2 nitrogen and oxygen atoms in total. The summed E-state index contributed by atoms with van der Waals surface area (Å²) in [6.45, 7) is 4.17. The van der Waals surface area contributed by atoms with Gasteiger partial charge in [-0.3, -0.25) is 0 Å². The Labute approximate surface area is 50.8 Å². The van der Waals surface area contributed by atoms with Crippen LogP contribution in [-0.4, -0.2) is 19.3 Å². The van der Waals surface area contributed by atoms with E-state index in [1.807, 2.05) is 0 Å². The van der Waals surface area contributed by atoms with E-state index in [4.69, 9.17) is 5.41 Å². The predicted octanol–water partition coefficient (Wildman–Crippen LogP) is 1.03. The van der Waals surface area contributed by atoms with Crippen molar-refractivity contribution in [3.05, 3.63) is 0 Å². The van der Waals surface area contributed by atoms with E-state index in [-0.39, 0.29) is 0 Å². The lowest BCUT2D eigenvalue weighted by molar-refractivity contribution is 0.689. The van der Waals surface area contributed by atoms with Crippen LogP contribution in [0.3, 0.4) is 0 Å². The Bertz CT molecular complexity index is 52.5. The molecule has 0 bridgehead atoms. The summed E-state index contributed by atoms with van der Waals surface area (Å²) in [5, 5.41) is 9.87. The first kappa shape index (κ1) is 7.63. The van der Waals surface area contributed by atoms with Crippen LogP contribution in [0.25, 0.3) is 0 Å². The number of rotatable bonds is 5. The van der Waals surface area contributed by atoms with Crippen LogP contribution in [0.2, 0.25) is 0 Å². The molecule has 8 heavy (non-hydrogen) atoms. The summed E-state index contributed by atoms with van der Waals surface area (Å²) in [5.41, 5.74) is 0. The molecule has 0 unspecified atom stereocenters. The van der Waals surface area contributed by atoms with Crippen LogP contribution in [-0.2, 0) is 0 Å². The SMILES string of the molecule is CCNCCCC=N. The first-order chi connectivity index (χ1) is 3.91. The maximum atomic E-state index is 6.69. The summed E-state index contributed by atoms with van der Waals surface area (Å²) >= 11 is 0. The lowest BCUT2D eigenvalue weighted by atomic mass is 10.3. The Morgan fingerprint density at radius 1 is 1.62 bits per heavy atom. The fraction of sp³-hybridized carbons (Fsp3) is 0.833. The fourth-order valence-corrected chi connectivity index (χ4v) is 0.506. The highest BCUT2D eigenvalue weighted by atomic mass is 14.8. The summed E-state index contributed by atoms with van der Waals surface area (Å²) in [6.07, 6.45) is 3.46. The van der Waals surface area contributed by atoms with Crippen LogP contribution in [0, 0.1) is 5.41 Å². The van der Waals surface area contributed by atoms with Gasteiger partial charge in [-0.1, -0.05) is 6.92 Å². The van der Waals surface area contributed by atoms with Gasteiger partial charge in [-0.2, -0.15) is 0 Å². The van der Waals surface area contributed by atoms with Crippen molar-refractivity contribution in [2.24, 2.45) is 0 Å². The zero-order valence-electron chi connectivity index (χ0n) is 5.41. The minimum atomic E-state index is 0.910. The topological polar surface area (TPSA) is 35.9 Å². The summed E-state index contributed by atoms with van der Waals surface area (Å²) < 4.78 is 0. The maximum Gasteiger partial charge on any atom is -0.00455 e. The van der Waals surface area contributed by atoms with Gasteiger partial charge in [-0.05, 0) is 32.1 Å². The first-order valence-corrected chi connectivity index (χ1v) is 3.11. The minimum absolute atomic E-state index is 0.910. The molecule has 48 valence electrons. The van der Waals surface area contributed by atoms with Gasteiger partial charge in [-0.25, -0.2) is 0 Å². The minimum Gasteiger partial charge on any atom is -0.317 e. The lowest BCUT2D eigenvalue weighted by Crippen LogP contribution is -2.13. The molecule has 0 aliphatic heterocycles. The van der Waals surface area contributed by atoms with E-state index in [0.29, 0.717) is 0 Å². The Morgan fingerprint density at radius 3 is 2.88 bits per heavy atom. The smallest absolute Gasteiger partial charge is 0.00455 e. The van der Waals surface area contributed by atoms with Crippen LogP contribution < -0.4 is 5.32 Å². The van der Waals surface area contributed by atoms with Gasteiger partial charge in [-0.15, -0.1) is 0 Å². The van der Waals surface area contributed by atoms with E-state index in [1.54, 1.807) is 0 Å². The predicted molar refractivity (Wildman–Crippen MR) is 36.6 cm³/mol. The second-order valence-corrected chi connectivity index (χ2v) is 1.70. The third-order valence-electron chi connectivity index (χ3n) is 0.952. The Kier molecular flexibility index (Phi) is 6.32. The van der Waals surface area contributed by atoms with Gasteiger partial charge < -0.3 is 10.7 Å². The molecule has 2 heteroatoms. The van der Waals surface area contributed by atoms with E-state index >= 15 is 0 Å². The van der Waals surface area contributed by atoms with Crippen molar-refractivity contribution < 1.29 is 0 Å². The third-order valence-corrected chi connectivity index (χ3v) is 0.952. The summed E-state index contributed by atoms with van der Waals surface area (Å²) in [7, 11) is 0. The quantitative estimate of drug-likeness (QED) is 0.406. The fourth-order valence-electron chi connectivity index (χ4n) is 0.506. The lowest BCUT2D eigenvalue weighted by Gasteiger charge is -1.95. The summed E-state index contributed by atoms with van der Waals surface area (Å²) in [4.78, 5) is 0. The van der Waals surface area contributed by atoms with Crippen LogP contribution >= 0.6 is 0 Å². The van der Waals surface area contributed by atoms with Crippen molar-refractivity contribution in [3.8, 4) is 0 Å². The highest BCUT2D eigenvalue weighted by Gasteiger charge is 1.79. The maximum absolute atomic E-state index is 6.69.